The molecule has 0 radical (unpaired) electrons. The van der Waals surface area contributed by atoms with E-state index in [-0.39, 0.29) is 0 Å². The maximum absolute atomic E-state index is 8.69. The molecule has 2 heterocycles. The molecular formula is C10H10ClN3. The van der Waals surface area contributed by atoms with Crippen LogP contribution in [-0.4, -0.2) is 18.1 Å². The monoisotopic (exact) mass is 207 g/mol. The Kier molecular flexibility index (Phi) is 2.55. The summed E-state index contributed by atoms with van der Waals surface area (Å²) in [6.07, 6.45) is 2.42. The molecule has 1 aromatic rings. The lowest BCUT2D eigenvalue weighted by Crippen LogP contribution is -2.18. The van der Waals surface area contributed by atoms with Crippen LogP contribution >= 0.6 is 11.6 Å². The zero-order valence-electron chi connectivity index (χ0n) is 7.70. The fourth-order valence-corrected chi connectivity index (χ4v) is 1.82. The zero-order chi connectivity index (χ0) is 9.97. The number of anilines is 1. The predicted molar refractivity (Wildman–Crippen MR) is 55.4 cm³/mol. The van der Waals surface area contributed by atoms with Crippen molar-refractivity contribution in [2.24, 2.45) is 0 Å². The number of hydrogen-bond donors (Lipinski definition) is 0. The summed E-state index contributed by atoms with van der Waals surface area (Å²) in [6, 6.07) is 5.58. The van der Waals surface area contributed by atoms with Gasteiger partial charge in [-0.15, -0.1) is 0 Å². The highest BCUT2D eigenvalue weighted by molar-refractivity contribution is 6.30. The Labute approximate surface area is 87.9 Å². The summed E-state index contributed by atoms with van der Waals surface area (Å²) in [5.41, 5.74) is 0.439. The van der Waals surface area contributed by atoms with Gasteiger partial charge in [-0.1, -0.05) is 11.6 Å². The molecule has 2 rings (SSSR count). The van der Waals surface area contributed by atoms with Crippen molar-refractivity contribution in [3.05, 3.63) is 22.8 Å². The molecule has 72 valence electrons. The van der Waals surface area contributed by atoms with Crippen LogP contribution in [0.15, 0.2) is 12.1 Å². The molecule has 0 aliphatic carbocycles. The van der Waals surface area contributed by atoms with E-state index in [1.807, 2.05) is 12.1 Å². The van der Waals surface area contributed by atoms with Gasteiger partial charge in [0.15, 0.2) is 0 Å². The van der Waals surface area contributed by atoms with Crippen LogP contribution < -0.4 is 4.90 Å². The molecule has 1 aliphatic heterocycles. The van der Waals surface area contributed by atoms with Gasteiger partial charge in [0.2, 0.25) is 0 Å². The molecule has 0 N–H and O–H groups in total. The topological polar surface area (TPSA) is 39.9 Å². The lowest BCUT2D eigenvalue weighted by Gasteiger charge is -2.16. The van der Waals surface area contributed by atoms with E-state index in [9.17, 15) is 0 Å². The first kappa shape index (κ1) is 9.29. The van der Waals surface area contributed by atoms with E-state index < -0.39 is 0 Å². The van der Waals surface area contributed by atoms with Crippen LogP contribution in [0.3, 0.4) is 0 Å². The van der Waals surface area contributed by atoms with Crippen LogP contribution in [-0.2, 0) is 0 Å². The van der Waals surface area contributed by atoms with Crippen LogP contribution in [0, 0.1) is 11.3 Å². The standard InChI is InChI=1S/C10H10ClN3/c11-10-8(7-12)3-4-9(13-10)14-5-1-2-6-14/h3-4H,1-2,5-6H2. The Hall–Kier alpha value is -1.27. The molecule has 0 bridgehead atoms. The van der Waals surface area contributed by atoms with Gasteiger partial charge in [0, 0.05) is 13.1 Å². The third-order valence-electron chi connectivity index (χ3n) is 2.38. The molecule has 0 aromatic carbocycles. The van der Waals surface area contributed by atoms with Gasteiger partial charge in [-0.3, -0.25) is 0 Å². The summed E-state index contributed by atoms with van der Waals surface area (Å²) in [5.74, 6) is 0.881. The van der Waals surface area contributed by atoms with Crippen molar-refractivity contribution < 1.29 is 0 Å². The third kappa shape index (κ3) is 1.66. The maximum atomic E-state index is 8.69. The number of nitriles is 1. The first-order valence-electron chi connectivity index (χ1n) is 4.63. The number of halogens is 1. The molecule has 0 atom stereocenters. The van der Waals surface area contributed by atoms with Crippen LogP contribution in [0.2, 0.25) is 5.15 Å². The first-order valence-corrected chi connectivity index (χ1v) is 5.00. The van der Waals surface area contributed by atoms with Gasteiger partial charge in [-0.25, -0.2) is 4.98 Å². The van der Waals surface area contributed by atoms with E-state index in [0.717, 1.165) is 18.9 Å². The second kappa shape index (κ2) is 3.85. The highest BCUT2D eigenvalue weighted by atomic mass is 35.5. The van der Waals surface area contributed by atoms with Gasteiger partial charge < -0.3 is 4.90 Å². The number of nitrogens with zero attached hydrogens (tertiary/aromatic N) is 3. The van der Waals surface area contributed by atoms with Crippen molar-refractivity contribution in [2.45, 2.75) is 12.8 Å². The van der Waals surface area contributed by atoms with Crippen molar-refractivity contribution in [2.75, 3.05) is 18.0 Å². The molecule has 1 fully saturated rings. The van der Waals surface area contributed by atoms with Crippen LogP contribution in [0.5, 0.6) is 0 Å². The van der Waals surface area contributed by atoms with E-state index in [0.29, 0.717) is 10.7 Å². The van der Waals surface area contributed by atoms with Crippen molar-refractivity contribution in [3.8, 4) is 6.07 Å². The molecule has 1 aromatic heterocycles. The molecule has 0 spiro atoms. The number of rotatable bonds is 1. The largest absolute Gasteiger partial charge is 0.357 e. The second-order valence-electron chi connectivity index (χ2n) is 3.31. The Morgan fingerprint density at radius 1 is 1.36 bits per heavy atom. The zero-order valence-corrected chi connectivity index (χ0v) is 8.46. The van der Waals surface area contributed by atoms with Crippen molar-refractivity contribution in [1.82, 2.24) is 4.98 Å². The molecular weight excluding hydrogens is 198 g/mol. The van der Waals surface area contributed by atoms with Gasteiger partial charge in [0.25, 0.3) is 0 Å². The summed E-state index contributed by atoms with van der Waals surface area (Å²) in [4.78, 5) is 6.38. The van der Waals surface area contributed by atoms with Gasteiger partial charge in [0.1, 0.15) is 17.0 Å². The third-order valence-corrected chi connectivity index (χ3v) is 2.67. The lowest BCUT2D eigenvalue weighted by molar-refractivity contribution is 0.937. The minimum Gasteiger partial charge on any atom is -0.357 e. The average Bonchev–Trinajstić information content (AvgIpc) is 2.70. The minimum atomic E-state index is 0.303. The van der Waals surface area contributed by atoms with E-state index >= 15 is 0 Å². The van der Waals surface area contributed by atoms with Gasteiger partial charge in [-0.05, 0) is 25.0 Å². The number of aromatic nitrogens is 1. The van der Waals surface area contributed by atoms with Crippen LogP contribution in [0.25, 0.3) is 0 Å². The fraction of sp³-hybridized carbons (Fsp3) is 0.400. The fourth-order valence-electron chi connectivity index (χ4n) is 1.63. The molecule has 3 nitrogen and oxygen atoms in total. The predicted octanol–water partition coefficient (Wildman–Crippen LogP) is 2.21. The Morgan fingerprint density at radius 2 is 2.07 bits per heavy atom. The minimum absolute atomic E-state index is 0.303. The first-order chi connectivity index (χ1) is 6.81. The van der Waals surface area contributed by atoms with Gasteiger partial charge in [0.05, 0.1) is 5.56 Å². The smallest absolute Gasteiger partial charge is 0.149 e. The summed E-state index contributed by atoms with van der Waals surface area (Å²) >= 11 is 5.85. The Bertz CT molecular complexity index is 377. The van der Waals surface area contributed by atoms with E-state index in [4.69, 9.17) is 16.9 Å². The molecule has 0 unspecified atom stereocenters. The summed E-state index contributed by atoms with van der Waals surface area (Å²) in [6.45, 7) is 2.07. The van der Waals surface area contributed by atoms with Gasteiger partial charge in [-0.2, -0.15) is 5.26 Å². The Morgan fingerprint density at radius 3 is 2.64 bits per heavy atom. The van der Waals surface area contributed by atoms with Crippen LogP contribution in [0.1, 0.15) is 18.4 Å². The SMILES string of the molecule is N#Cc1ccc(N2CCCC2)nc1Cl. The van der Waals surface area contributed by atoms with Crippen molar-refractivity contribution >= 4 is 17.4 Å². The van der Waals surface area contributed by atoms with Crippen molar-refractivity contribution in [1.29, 1.82) is 5.26 Å². The quantitative estimate of drug-likeness (QED) is 0.663. The summed E-state index contributed by atoms with van der Waals surface area (Å²) in [5, 5.41) is 8.99. The van der Waals surface area contributed by atoms with E-state index in [1.54, 1.807) is 6.07 Å². The second-order valence-corrected chi connectivity index (χ2v) is 3.67. The highest BCUT2D eigenvalue weighted by Crippen LogP contribution is 2.21. The Balaban J connectivity index is 2.28. The summed E-state index contributed by atoms with van der Waals surface area (Å²) < 4.78 is 0. The molecule has 1 aliphatic rings. The lowest BCUT2D eigenvalue weighted by atomic mass is 10.3. The molecule has 0 saturated carbocycles. The van der Waals surface area contributed by atoms with Gasteiger partial charge >= 0.3 is 0 Å². The molecule has 1 saturated heterocycles. The normalized spacial score (nSPS) is 15.6. The average molecular weight is 208 g/mol. The van der Waals surface area contributed by atoms with Crippen molar-refractivity contribution in [3.63, 3.8) is 0 Å². The maximum Gasteiger partial charge on any atom is 0.149 e. The molecule has 14 heavy (non-hydrogen) atoms. The molecule has 0 amide bonds. The molecule has 4 heteroatoms. The number of pyridine rings is 1. The summed E-state index contributed by atoms with van der Waals surface area (Å²) in [7, 11) is 0. The number of hydrogen-bond acceptors (Lipinski definition) is 3. The van der Waals surface area contributed by atoms with E-state index in [2.05, 4.69) is 9.88 Å². The highest BCUT2D eigenvalue weighted by Gasteiger charge is 2.14. The van der Waals surface area contributed by atoms with Crippen LogP contribution in [0.4, 0.5) is 5.82 Å². The van der Waals surface area contributed by atoms with E-state index in [1.165, 1.54) is 12.8 Å².